The summed E-state index contributed by atoms with van der Waals surface area (Å²) in [7, 11) is 0. The molecule has 0 radical (unpaired) electrons. The number of anilines is 2. The van der Waals surface area contributed by atoms with Crippen molar-refractivity contribution in [2.45, 2.75) is 69.9 Å². The smallest absolute Gasteiger partial charge is 0.303 e. The molecule has 0 spiro atoms. The minimum atomic E-state index is -0.688. The molecule has 160 valence electrons. The zero-order valence-electron chi connectivity index (χ0n) is 17.6. The number of nitrogens with zero attached hydrogens (tertiary/aromatic N) is 2. The average Bonchev–Trinajstić information content (AvgIpc) is 2.72. The Balaban J connectivity index is 1.44. The van der Waals surface area contributed by atoms with Gasteiger partial charge in [-0.05, 0) is 68.9 Å². The molecule has 2 aromatic rings. The number of carbonyl (C=O) groups is 1. The molecule has 1 aliphatic carbocycles. The lowest BCUT2D eigenvalue weighted by atomic mass is 9.77. The Labute approximate surface area is 177 Å². The second kappa shape index (κ2) is 8.13. The monoisotopic (exact) mass is 410 g/mol. The van der Waals surface area contributed by atoms with Crippen LogP contribution in [0.1, 0.15) is 75.5 Å². The van der Waals surface area contributed by atoms with Crippen LogP contribution in [-0.4, -0.2) is 26.6 Å². The number of benzene rings is 1. The maximum absolute atomic E-state index is 10.8. The van der Waals surface area contributed by atoms with E-state index in [4.69, 9.17) is 15.6 Å². The summed E-state index contributed by atoms with van der Waals surface area (Å²) < 4.78 is 6.13. The first kappa shape index (κ1) is 20.4. The average molecular weight is 411 g/mol. The van der Waals surface area contributed by atoms with Crippen LogP contribution >= 0.6 is 0 Å². The zero-order chi connectivity index (χ0) is 21.3. The first-order chi connectivity index (χ1) is 14.3. The molecule has 4 N–H and O–H groups in total. The lowest BCUT2D eigenvalue weighted by Gasteiger charge is -2.40. The SMILES string of the molecule is CC1(C)Oc2ncnc(N)c2NC1c1ccc([C@H]2CC[C@H](CCC(=O)O)CC2)cc1. The van der Waals surface area contributed by atoms with E-state index in [0.29, 0.717) is 29.2 Å². The number of fused-ring (bicyclic) bond motifs is 1. The molecule has 2 aliphatic rings. The Morgan fingerprint density at radius 1 is 1.17 bits per heavy atom. The predicted octanol–water partition coefficient (Wildman–Crippen LogP) is 4.52. The van der Waals surface area contributed by atoms with Crippen LogP contribution in [0.25, 0.3) is 0 Å². The van der Waals surface area contributed by atoms with Crippen molar-refractivity contribution in [3.8, 4) is 5.88 Å². The van der Waals surface area contributed by atoms with Crippen LogP contribution < -0.4 is 15.8 Å². The van der Waals surface area contributed by atoms with Crippen molar-refractivity contribution < 1.29 is 14.6 Å². The summed E-state index contributed by atoms with van der Waals surface area (Å²) >= 11 is 0. The van der Waals surface area contributed by atoms with Gasteiger partial charge in [-0.25, -0.2) is 4.98 Å². The number of nitrogens with two attached hydrogens (primary N) is 1. The molecule has 0 saturated heterocycles. The van der Waals surface area contributed by atoms with E-state index in [1.165, 1.54) is 11.9 Å². The van der Waals surface area contributed by atoms with Crippen LogP contribution in [0.2, 0.25) is 0 Å². The van der Waals surface area contributed by atoms with Crippen molar-refractivity contribution in [2.24, 2.45) is 5.92 Å². The summed E-state index contributed by atoms with van der Waals surface area (Å²) in [5.41, 5.74) is 8.66. The second-order valence-electron chi connectivity index (χ2n) is 9.04. The van der Waals surface area contributed by atoms with Gasteiger partial charge in [0, 0.05) is 6.42 Å². The van der Waals surface area contributed by atoms with Gasteiger partial charge in [0.15, 0.2) is 5.82 Å². The van der Waals surface area contributed by atoms with E-state index in [1.807, 2.05) is 13.8 Å². The maximum Gasteiger partial charge on any atom is 0.303 e. The normalized spacial score (nSPS) is 24.9. The van der Waals surface area contributed by atoms with Crippen molar-refractivity contribution in [3.63, 3.8) is 0 Å². The number of nitrogen functional groups attached to an aromatic ring is 1. The van der Waals surface area contributed by atoms with Gasteiger partial charge >= 0.3 is 5.97 Å². The quantitative estimate of drug-likeness (QED) is 0.664. The van der Waals surface area contributed by atoms with E-state index in [9.17, 15) is 4.79 Å². The Bertz CT molecular complexity index is 905. The molecule has 1 atom stereocenters. The van der Waals surface area contributed by atoms with E-state index in [-0.39, 0.29) is 12.5 Å². The highest BCUT2D eigenvalue weighted by molar-refractivity contribution is 5.70. The molecule has 30 heavy (non-hydrogen) atoms. The fourth-order valence-corrected chi connectivity index (χ4v) is 4.78. The van der Waals surface area contributed by atoms with E-state index in [1.54, 1.807) is 0 Å². The Morgan fingerprint density at radius 2 is 1.83 bits per heavy atom. The van der Waals surface area contributed by atoms with Crippen LogP contribution in [0, 0.1) is 5.92 Å². The highest BCUT2D eigenvalue weighted by Gasteiger charge is 2.39. The van der Waals surface area contributed by atoms with Crippen LogP contribution in [-0.2, 0) is 4.79 Å². The van der Waals surface area contributed by atoms with Gasteiger partial charge in [-0.1, -0.05) is 24.3 Å². The van der Waals surface area contributed by atoms with Crippen molar-refractivity contribution >= 4 is 17.5 Å². The van der Waals surface area contributed by atoms with Gasteiger partial charge in [0.25, 0.3) is 0 Å². The van der Waals surface area contributed by atoms with Crippen molar-refractivity contribution in [1.82, 2.24) is 9.97 Å². The van der Waals surface area contributed by atoms with E-state index < -0.39 is 11.6 Å². The minimum Gasteiger partial charge on any atom is -0.481 e. The van der Waals surface area contributed by atoms with Gasteiger partial charge in [0.1, 0.15) is 17.6 Å². The van der Waals surface area contributed by atoms with E-state index >= 15 is 0 Å². The topological polar surface area (TPSA) is 110 Å². The highest BCUT2D eigenvalue weighted by Crippen LogP contribution is 2.44. The molecular formula is C23H30N4O3. The van der Waals surface area contributed by atoms with Crippen LogP contribution in [0.3, 0.4) is 0 Å². The molecule has 7 heteroatoms. The first-order valence-corrected chi connectivity index (χ1v) is 10.7. The summed E-state index contributed by atoms with van der Waals surface area (Å²) in [6.45, 7) is 4.08. The summed E-state index contributed by atoms with van der Waals surface area (Å²) in [5.74, 6) is 1.28. The molecular weight excluding hydrogens is 380 g/mol. The van der Waals surface area contributed by atoms with Crippen LogP contribution in [0.4, 0.5) is 11.5 Å². The molecule has 1 aromatic heterocycles. The Kier molecular flexibility index (Phi) is 5.54. The fraction of sp³-hybridized carbons (Fsp3) is 0.522. The molecule has 4 rings (SSSR count). The van der Waals surface area contributed by atoms with Gasteiger partial charge in [0.2, 0.25) is 5.88 Å². The Morgan fingerprint density at radius 3 is 2.50 bits per heavy atom. The molecule has 1 saturated carbocycles. The van der Waals surface area contributed by atoms with Gasteiger partial charge in [-0.3, -0.25) is 4.79 Å². The molecule has 7 nitrogen and oxygen atoms in total. The largest absolute Gasteiger partial charge is 0.481 e. The number of carboxylic acid groups (broad SMARTS) is 1. The van der Waals surface area contributed by atoms with Crippen LogP contribution in [0.5, 0.6) is 5.88 Å². The van der Waals surface area contributed by atoms with Crippen molar-refractivity contribution in [1.29, 1.82) is 0 Å². The first-order valence-electron chi connectivity index (χ1n) is 10.7. The molecule has 2 heterocycles. The van der Waals surface area contributed by atoms with Crippen LogP contribution in [0.15, 0.2) is 30.6 Å². The zero-order valence-corrected chi connectivity index (χ0v) is 17.6. The number of nitrogens with one attached hydrogen (secondary N) is 1. The number of aromatic nitrogens is 2. The summed E-state index contributed by atoms with van der Waals surface area (Å²) in [5, 5.41) is 12.4. The minimum absolute atomic E-state index is 0.0703. The fourth-order valence-electron chi connectivity index (χ4n) is 4.78. The summed E-state index contributed by atoms with van der Waals surface area (Å²) in [6, 6.07) is 8.70. The Hall–Kier alpha value is -2.83. The molecule has 1 aliphatic heterocycles. The third kappa shape index (κ3) is 4.20. The van der Waals surface area contributed by atoms with Gasteiger partial charge < -0.3 is 20.9 Å². The van der Waals surface area contributed by atoms with Crippen molar-refractivity contribution in [3.05, 3.63) is 41.7 Å². The van der Waals surface area contributed by atoms with Gasteiger partial charge in [-0.15, -0.1) is 0 Å². The summed E-state index contributed by atoms with van der Waals surface area (Å²) in [4.78, 5) is 19.1. The number of carboxylic acids is 1. The third-order valence-electron chi connectivity index (χ3n) is 6.54. The number of rotatable bonds is 5. The predicted molar refractivity (Wildman–Crippen MR) is 116 cm³/mol. The van der Waals surface area contributed by atoms with E-state index in [2.05, 4.69) is 39.6 Å². The standard InChI is InChI=1S/C23H30N4O3/c1-23(2)20(27-19-21(24)25-13-26-22(19)30-23)17-10-8-16(9-11-17)15-6-3-14(4-7-15)5-12-18(28)29/h8-11,13-15,20,27H,3-7,12H2,1-2H3,(H,28,29)(H2,24,25,26)/t14-,15-,20?. The number of hydrogen-bond donors (Lipinski definition) is 3. The highest BCUT2D eigenvalue weighted by atomic mass is 16.5. The van der Waals surface area contributed by atoms with Gasteiger partial charge in [-0.2, -0.15) is 4.98 Å². The number of ether oxygens (including phenoxy) is 1. The number of aliphatic carboxylic acids is 1. The molecule has 0 bridgehead atoms. The second-order valence-corrected chi connectivity index (χ2v) is 9.04. The maximum atomic E-state index is 10.8. The lowest BCUT2D eigenvalue weighted by molar-refractivity contribution is -0.137. The summed E-state index contributed by atoms with van der Waals surface area (Å²) in [6.07, 6.45) is 6.98. The number of hydrogen-bond acceptors (Lipinski definition) is 6. The molecule has 1 fully saturated rings. The van der Waals surface area contributed by atoms with Crippen molar-refractivity contribution in [2.75, 3.05) is 11.1 Å². The lowest BCUT2D eigenvalue weighted by Crippen LogP contribution is -2.44. The van der Waals surface area contributed by atoms with E-state index in [0.717, 1.165) is 37.7 Å². The third-order valence-corrected chi connectivity index (χ3v) is 6.54. The molecule has 1 unspecified atom stereocenters. The van der Waals surface area contributed by atoms with Gasteiger partial charge in [0.05, 0.1) is 6.04 Å². The molecule has 1 aromatic carbocycles. The molecule has 0 amide bonds.